The molecular formula is C14H12F2O2S. The Morgan fingerprint density at radius 2 is 1.68 bits per heavy atom. The van der Waals surface area contributed by atoms with E-state index in [1.54, 1.807) is 36.0 Å². The Morgan fingerprint density at radius 3 is 2.16 bits per heavy atom. The first-order chi connectivity index (χ1) is 9.13. The third-order valence-corrected chi connectivity index (χ3v) is 3.26. The number of aliphatic hydroxyl groups excluding tert-OH is 1. The summed E-state index contributed by atoms with van der Waals surface area (Å²) < 4.78 is 32.5. The molecule has 100 valence electrons. The molecule has 2 aromatic carbocycles. The van der Waals surface area contributed by atoms with E-state index in [-0.39, 0.29) is 5.56 Å². The molecule has 0 bridgehead atoms. The van der Waals surface area contributed by atoms with Gasteiger partial charge >= 0.3 is 0 Å². The van der Waals surface area contributed by atoms with Gasteiger partial charge in [0.15, 0.2) is 17.4 Å². The monoisotopic (exact) mass is 282 g/mol. The molecule has 5 heteroatoms. The van der Waals surface area contributed by atoms with Crippen LogP contribution in [0.4, 0.5) is 8.78 Å². The lowest BCUT2D eigenvalue weighted by Crippen LogP contribution is -1.95. The van der Waals surface area contributed by atoms with Crippen LogP contribution in [0, 0.1) is 11.6 Å². The van der Waals surface area contributed by atoms with Crippen molar-refractivity contribution < 1.29 is 18.6 Å². The molecule has 0 aliphatic rings. The number of thioether (sulfide) groups is 1. The molecule has 0 fully saturated rings. The van der Waals surface area contributed by atoms with Gasteiger partial charge in [0.05, 0.1) is 6.61 Å². The van der Waals surface area contributed by atoms with Crippen molar-refractivity contribution >= 4 is 11.8 Å². The quantitative estimate of drug-likeness (QED) is 0.860. The first-order valence-electron chi connectivity index (χ1n) is 5.54. The van der Waals surface area contributed by atoms with E-state index in [1.165, 1.54) is 0 Å². The van der Waals surface area contributed by atoms with Crippen molar-refractivity contribution in [1.29, 1.82) is 0 Å². The minimum absolute atomic E-state index is 0.167. The molecule has 0 radical (unpaired) electrons. The summed E-state index contributed by atoms with van der Waals surface area (Å²) in [7, 11) is 0. The topological polar surface area (TPSA) is 29.5 Å². The fourth-order valence-corrected chi connectivity index (χ4v) is 1.97. The van der Waals surface area contributed by atoms with Crippen molar-refractivity contribution in [3.8, 4) is 11.5 Å². The van der Waals surface area contributed by atoms with E-state index >= 15 is 0 Å². The zero-order chi connectivity index (χ0) is 13.8. The molecule has 0 saturated heterocycles. The van der Waals surface area contributed by atoms with E-state index in [2.05, 4.69) is 0 Å². The summed E-state index contributed by atoms with van der Waals surface area (Å²) in [5.74, 6) is -1.78. The van der Waals surface area contributed by atoms with E-state index in [0.717, 1.165) is 17.0 Å². The molecule has 0 aliphatic carbocycles. The normalized spacial score (nSPS) is 10.5. The molecule has 0 atom stereocenters. The van der Waals surface area contributed by atoms with Crippen LogP contribution in [0.1, 0.15) is 5.56 Å². The number of halogens is 2. The molecule has 2 aromatic rings. The molecule has 0 spiro atoms. The van der Waals surface area contributed by atoms with Gasteiger partial charge in [-0.15, -0.1) is 11.8 Å². The molecule has 0 heterocycles. The Hall–Kier alpha value is -1.59. The maximum atomic E-state index is 13.6. The average molecular weight is 282 g/mol. The van der Waals surface area contributed by atoms with E-state index in [1.807, 2.05) is 6.26 Å². The summed E-state index contributed by atoms with van der Waals surface area (Å²) in [6, 6.07) is 8.99. The minimum atomic E-state index is -0.835. The summed E-state index contributed by atoms with van der Waals surface area (Å²) in [5.41, 5.74) is 0.167. The van der Waals surface area contributed by atoms with Crippen LogP contribution < -0.4 is 4.74 Å². The predicted molar refractivity (Wildman–Crippen MR) is 70.6 cm³/mol. The fourth-order valence-electron chi connectivity index (χ4n) is 1.56. The second kappa shape index (κ2) is 6.04. The van der Waals surface area contributed by atoms with Gasteiger partial charge in [-0.3, -0.25) is 0 Å². The molecule has 0 saturated carbocycles. The average Bonchev–Trinajstić information content (AvgIpc) is 2.43. The Kier molecular flexibility index (Phi) is 4.39. The highest BCUT2D eigenvalue weighted by Crippen LogP contribution is 2.29. The number of hydrogen-bond donors (Lipinski definition) is 1. The van der Waals surface area contributed by atoms with Crippen LogP contribution in [0.25, 0.3) is 0 Å². The second-order valence-corrected chi connectivity index (χ2v) is 4.70. The van der Waals surface area contributed by atoms with Gasteiger partial charge < -0.3 is 9.84 Å². The number of ether oxygens (including phenoxy) is 1. The number of rotatable bonds is 4. The standard InChI is InChI=1S/C14H12F2O2S/c1-19-11-4-2-10(3-5-11)18-14-12(15)6-9(8-17)7-13(14)16/h2-7,17H,8H2,1H3. The lowest BCUT2D eigenvalue weighted by Gasteiger charge is -2.09. The molecular weight excluding hydrogens is 270 g/mol. The zero-order valence-electron chi connectivity index (χ0n) is 10.2. The van der Waals surface area contributed by atoms with Crippen LogP contribution in [0.15, 0.2) is 41.3 Å². The van der Waals surface area contributed by atoms with Crippen molar-refractivity contribution in [3.05, 3.63) is 53.6 Å². The van der Waals surface area contributed by atoms with Crippen molar-refractivity contribution in [2.24, 2.45) is 0 Å². The molecule has 1 N–H and O–H groups in total. The highest BCUT2D eigenvalue weighted by Gasteiger charge is 2.13. The molecule has 0 aliphatic heterocycles. The second-order valence-electron chi connectivity index (χ2n) is 3.82. The summed E-state index contributed by atoms with van der Waals surface area (Å²) in [5, 5.41) is 8.85. The van der Waals surface area contributed by atoms with Crippen molar-refractivity contribution in [3.63, 3.8) is 0 Å². The van der Waals surface area contributed by atoms with Gasteiger partial charge in [0, 0.05) is 4.90 Å². The largest absolute Gasteiger partial charge is 0.451 e. The third-order valence-electron chi connectivity index (χ3n) is 2.52. The third kappa shape index (κ3) is 3.24. The van der Waals surface area contributed by atoms with E-state index in [0.29, 0.717) is 5.75 Å². The maximum absolute atomic E-state index is 13.6. The SMILES string of the molecule is CSc1ccc(Oc2c(F)cc(CO)cc2F)cc1. The van der Waals surface area contributed by atoms with Gasteiger partial charge in [-0.05, 0) is 48.2 Å². The number of benzene rings is 2. The van der Waals surface area contributed by atoms with Crippen LogP contribution >= 0.6 is 11.8 Å². The number of hydrogen-bond acceptors (Lipinski definition) is 3. The summed E-state index contributed by atoms with van der Waals surface area (Å²) in [6.07, 6.45) is 1.93. The molecule has 2 rings (SSSR count). The van der Waals surface area contributed by atoms with Crippen molar-refractivity contribution in [1.82, 2.24) is 0 Å². The van der Waals surface area contributed by atoms with Crippen molar-refractivity contribution in [2.75, 3.05) is 6.26 Å². The molecule has 0 aromatic heterocycles. The Morgan fingerprint density at radius 1 is 1.11 bits per heavy atom. The van der Waals surface area contributed by atoms with E-state index < -0.39 is 24.0 Å². The van der Waals surface area contributed by atoms with Gasteiger partial charge in [0.1, 0.15) is 5.75 Å². The van der Waals surface area contributed by atoms with E-state index in [9.17, 15) is 8.78 Å². The van der Waals surface area contributed by atoms with Crippen LogP contribution in [0.3, 0.4) is 0 Å². The molecule has 2 nitrogen and oxygen atoms in total. The molecule has 0 unspecified atom stereocenters. The highest BCUT2D eigenvalue weighted by atomic mass is 32.2. The van der Waals surface area contributed by atoms with Crippen LogP contribution in [0.5, 0.6) is 11.5 Å². The predicted octanol–water partition coefficient (Wildman–Crippen LogP) is 3.97. The fraction of sp³-hybridized carbons (Fsp3) is 0.143. The maximum Gasteiger partial charge on any atom is 0.198 e. The first-order valence-corrected chi connectivity index (χ1v) is 6.77. The van der Waals surface area contributed by atoms with Gasteiger partial charge in [-0.2, -0.15) is 0 Å². The highest BCUT2D eigenvalue weighted by molar-refractivity contribution is 7.98. The number of aliphatic hydroxyl groups is 1. The molecule has 0 amide bonds. The summed E-state index contributed by atoms with van der Waals surface area (Å²) >= 11 is 1.56. The van der Waals surface area contributed by atoms with E-state index in [4.69, 9.17) is 9.84 Å². The summed E-state index contributed by atoms with van der Waals surface area (Å²) in [6.45, 7) is -0.420. The Labute approximate surface area is 114 Å². The van der Waals surface area contributed by atoms with Gasteiger partial charge in [-0.1, -0.05) is 0 Å². The van der Waals surface area contributed by atoms with Gasteiger partial charge in [-0.25, -0.2) is 8.78 Å². The van der Waals surface area contributed by atoms with Gasteiger partial charge in [0.2, 0.25) is 0 Å². The molecule has 19 heavy (non-hydrogen) atoms. The van der Waals surface area contributed by atoms with Gasteiger partial charge in [0.25, 0.3) is 0 Å². The Bertz CT molecular complexity index is 547. The minimum Gasteiger partial charge on any atom is -0.451 e. The Balaban J connectivity index is 2.27. The van der Waals surface area contributed by atoms with Crippen LogP contribution in [-0.2, 0) is 6.61 Å². The smallest absolute Gasteiger partial charge is 0.198 e. The van der Waals surface area contributed by atoms with Crippen LogP contribution in [0.2, 0.25) is 0 Å². The zero-order valence-corrected chi connectivity index (χ0v) is 11.0. The first kappa shape index (κ1) is 13.8. The lowest BCUT2D eigenvalue weighted by molar-refractivity contribution is 0.279. The lowest BCUT2D eigenvalue weighted by atomic mass is 10.2. The van der Waals surface area contributed by atoms with Crippen LogP contribution in [-0.4, -0.2) is 11.4 Å². The van der Waals surface area contributed by atoms with Crippen molar-refractivity contribution in [2.45, 2.75) is 11.5 Å². The summed E-state index contributed by atoms with van der Waals surface area (Å²) in [4.78, 5) is 1.03.